The molecule has 5 heteroatoms. The third kappa shape index (κ3) is 2.86. The minimum absolute atomic E-state index is 0.576. The van der Waals surface area contributed by atoms with Crippen LogP contribution in [0, 0.1) is 13.8 Å². The molecule has 1 aromatic heterocycles. The summed E-state index contributed by atoms with van der Waals surface area (Å²) in [7, 11) is 0. The average molecular weight is 301 g/mol. The van der Waals surface area contributed by atoms with Gasteiger partial charge in [0.2, 0.25) is 0 Å². The molecule has 1 aromatic carbocycles. The van der Waals surface area contributed by atoms with Crippen molar-refractivity contribution in [3.05, 3.63) is 43.5 Å². The third-order valence-electron chi connectivity index (χ3n) is 4.75. The van der Waals surface area contributed by atoms with E-state index in [1.807, 2.05) is 13.0 Å². The lowest BCUT2D eigenvalue weighted by Gasteiger charge is -2.22. The second kappa shape index (κ2) is 6.08. The van der Waals surface area contributed by atoms with Crippen molar-refractivity contribution in [3.63, 3.8) is 0 Å². The molecule has 0 aliphatic carbocycles. The van der Waals surface area contributed by atoms with Crippen molar-refractivity contribution in [2.24, 2.45) is 0 Å². The van der Waals surface area contributed by atoms with Crippen LogP contribution in [-0.2, 0) is 6.54 Å². The predicted octanol–water partition coefficient (Wildman–Crippen LogP) is 2.21. The number of nitrogens with one attached hydrogen (secondary N) is 2. The van der Waals surface area contributed by atoms with Gasteiger partial charge in [0.25, 0.3) is 0 Å². The SMILES string of the molecule is Cc1cc2[nH]c(=O)c(=O)[nH]c2c(CN2CCCCCC2)c1C. The zero-order valence-electron chi connectivity index (χ0n) is 13.3. The Kier molecular flexibility index (Phi) is 4.16. The highest BCUT2D eigenvalue weighted by atomic mass is 16.2. The van der Waals surface area contributed by atoms with Gasteiger partial charge < -0.3 is 9.97 Å². The first-order chi connectivity index (χ1) is 10.6. The fourth-order valence-corrected chi connectivity index (χ4v) is 3.29. The summed E-state index contributed by atoms with van der Waals surface area (Å²) in [5, 5.41) is 0. The standard InChI is InChI=1S/C17H23N3O2/c1-11-9-14-15(19-17(22)16(21)18-14)13(12(11)2)10-20-7-5-3-4-6-8-20/h9H,3-8,10H2,1-2H3,(H,18,21)(H,19,22). The highest BCUT2D eigenvalue weighted by molar-refractivity contribution is 5.80. The van der Waals surface area contributed by atoms with E-state index >= 15 is 0 Å². The fraction of sp³-hybridized carbons (Fsp3) is 0.529. The summed E-state index contributed by atoms with van der Waals surface area (Å²) in [5.74, 6) is 0. The van der Waals surface area contributed by atoms with Crippen molar-refractivity contribution in [2.75, 3.05) is 13.1 Å². The van der Waals surface area contributed by atoms with Crippen LogP contribution in [0.5, 0.6) is 0 Å². The fourth-order valence-electron chi connectivity index (χ4n) is 3.29. The van der Waals surface area contributed by atoms with Crippen LogP contribution >= 0.6 is 0 Å². The minimum Gasteiger partial charge on any atom is -0.316 e. The lowest BCUT2D eigenvalue weighted by Crippen LogP contribution is -2.30. The van der Waals surface area contributed by atoms with Crippen LogP contribution in [0.25, 0.3) is 11.0 Å². The van der Waals surface area contributed by atoms with Crippen LogP contribution in [0.4, 0.5) is 0 Å². The van der Waals surface area contributed by atoms with Crippen molar-refractivity contribution in [1.82, 2.24) is 14.9 Å². The summed E-state index contributed by atoms with van der Waals surface area (Å²) >= 11 is 0. The Morgan fingerprint density at radius 1 is 1.00 bits per heavy atom. The van der Waals surface area contributed by atoms with E-state index in [1.54, 1.807) is 0 Å². The van der Waals surface area contributed by atoms with Gasteiger partial charge in [0.1, 0.15) is 0 Å². The van der Waals surface area contributed by atoms with Gasteiger partial charge in [-0.25, -0.2) is 0 Å². The molecule has 22 heavy (non-hydrogen) atoms. The molecule has 0 radical (unpaired) electrons. The Bertz CT molecular complexity index is 796. The molecule has 2 heterocycles. The van der Waals surface area contributed by atoms with E-state index in [4.69, 9.17) is 0 Å². The van der Waals surface area contributed by atoms with E-state index in [0.29, 0.717) is 0 Å². The first-order valence-corrected chi connectivity index (χ1v) is 8.04. The number of likely N-dealkylation sites (tertiary alicyclic amines) is 1. The van der Waals surface area contributed by atoms with E-state index < -0.39 is 11.1 Å². The Balaban J connectivity index is 2.10. The maximum atomic E-state index is 11.7. The molecule has 1 fully saturated rings. The Hall–Kier alpha value is -1.88. The average Bonchev–Trinajstić information content (AvgIpc) is 2.75. The molecular formula is C17H23N3O2. The van der Waals surface area contributed by atoms with E-state index in [9.17, 15) is 9.59 Å². The van der Waals surface area contributed by atoms with Crippen LogP contribution in [-0.4, -0.2) is 28.0 Å². The molecule has 1 aliphatic rings. The summed E-state index contributed by atoms with van der Waals surface area (Å²) < 4.78 is 0. The lowest BCUT2D eigenvalue weighted by molar-refractivity contribution is 0.277. The third-order valence-corrected chi connectivity index (χ3v) is 4.75. The number of hydrogen-bond donors (Lipinski definition) is 2. The molecule has 0 spiro atoms. The molecule has 0 amide bonds. The quantitative estimate of drug-likeness (QED) is 0.836. The maximum Gasteiger partial charge on any atom is 0.314 e. The first kappa shape index (κ1) is 15.0. The zero-order chi connectivity index (χ0) is 15.7. The zero-order valence-corrected chi connectivity index (χ0v) is 13.3. The van der Waals surface area contributed by atoms with E-state index in [-0.39, 0.29) is 0 Å². The van der Waals surface area contributed by atoms with Gasteiger partial charge in [-0.3, -0.25) is 14.5 Å². The van der Waals surface area contributed by atoms with Gasteiger partial charge in [0.05, 0.1) is 11.0 Å². The second-order valence-electron chi connectivity index (χ2n) is 6.32. The molecule has 2 N–H and O–H groups in total. The van der Waals surface area contributed by atoms with Crippen molar-refractivity contribution in [1.29, 1.82) is 0 Å². The molecule has 5 nitrogen and oxygen atoms in total. The number of H-pyrrole nitrogens is 2. The Labute approximate surface area is 129 Å². The number of hydrogen-bond acceptors (Lipinski definition) is 3. The van der Waals surface area contributed by atoms with Crippen LogP contribution in [0.1, 0.15) is 42.4 Å². The van der Waals surface area contributed by atoms with Crippen molar-refractivity contribution in [2.45, 2.75) is 46.1 Å². The molecule has 0 bridgehead atoms. The summed E-state index contributed by atoms with van der Waals surface area (Å²) in [6.07, 6.45) is 5.06. The van der Waals surface area contributed by atoms with E-state index in [1.165, 1.54) is 31.2 Å². The summed E-state index contributed by atoms with van der Waals surface area (Å²) in [6.45, 7) is 7.16. The van der Waals surface area contributed by atoms with E-state index in [0.717, 1.165) is 41.8 Å². The second-order valence-corrected chi connectivity index (χ2v) is 6.32. The smallest absolute Gasteiger partial charge is 0.314 e. The Morgan fingerprint density at radius 3 is 2.32 bits per heavy atom. The van der Waals surface area contributed by atoms with Gasteiger partial charge in [-0.2, -0.15) is 0 Å². The van der Waals surface area contributed by atoms with Crippen molar-refractivity contribution >= 4 is 11.0 Å². The first-order valence-electron chi connectivity index (χ1n) is 8.04. The number of rotatable bonds is 2. The van der Waals surface area contributed by atoms with Crippen LogP contribution < -0.4 is 11.1 Å². The monoisotopic (exact) mass is 301 g/mol. The molecule has 0 saturated carbocycles. The predicted molar refractivity (Wildman–Crippen MR) is 88.4 cm³/mol. The number of fused-ring (bicyclic) bond motifs is 1. The maximum absolute atomic E-state index is 11.7. The summed E-state index contributed by atoms with van der Waals surface area (Å²) in [6, 6.07) is 1.94. The van der Waals surface area contributed by atoms with Crippen LogP contribution in [0.15, 0.2) is 15.7 Å². The number of aromatic nitrogens is 2. The summed E-state index contributed by atoms with van der Waals surface area (Å²) in [5.41, 5.74) is 3.79. The van der Waals surface area contributed by atoms with Gasteiger partial charge in [0, 0.05) is 6.54 Å². The van der Waals surface area contributed by atoms with E-state index in [2.05, 4.69) is 21.8 Å². The molecule has 1 aliphatic heterocycles. The Morgan fingerprint density at radius 2 is 1.64 bits per heavy atom. The molecule has 1 saturated heterocycles. The highest BCUT2D eigenvalue weighted by Gasteiger charge is 2.15. The number of aromatic amines is 2. The normalized spacial score (nSPS) is 16.8. The summed E-state index contributed by atoms with van der Waals surface area (Å²) in [4.78, 5) is 31.2. The van der Waals surface area contributed by atoms with Crippen molar-refractivity contribution in [3.8, 4) is 0 Å². The topological polar surface area (TPSA) is 69.0 Å². The van der Waals surface area contributed by atoms with Crippen LogP contribution in [0.2, 0.25) is 0 Å². The molecule has 2 aromatic rings. The van der Waals surface area contributed by atoms with Gasteiger partial charge in [0.15, 0.2) is 0 Å². The molecule has 0 atom stereocenters. The molecule has 118 valence electrons. The molecular weight excluding hydrogens is 278 g/mol. The highest BCUT2D eigenvalue weighted by Crippen LogP contribution is 2.24. The van der Waals surface area contributed by atoms with Gasteiger partial charge in [-0.1, -0.05) is 12.8 Å². The van der Waals surface area contributed by atoms with Crippen molar-refractivity contribution < 1.29 is 0 Å². The molecule has 0 unspecified atom stereocenters. The van der Waals surface area contributed by atoms with Gasteiger partial charge in [-0.05, 0) is 62.5 Å². The molecule has 3 rings (SSSR count). The number of nitrogens with zero attached hydrogens (tertiary/aromatic N) is 1. The largest absolute Gasteiger partial charge is 0.316 e. The minimum atomic E-state index is -0.587. The van der Waals surface area contributed by atoms with Gasteiger partial charge >= 0.3 is 11.1 Å². The lowest BCUT2D eigenvalue weighted by atomic mass is 10.0. The number of benzene rings is 1. The van der Waals surface area contributed by atoms with Gasteiger partial charge in [-0.15, -0.1) is 0 Å². The van der Waals surface area contributed by atoms with Crippen LogP contribution in [0.3, 0.4) is 0 Å². The number of aryl methyl sites for hydroxylation is 1.